The van der Waals surface area contributed by atoms with Crippen molar-refractivity contribution in [2.45, 2.75) is 38.4 Å². The molecule has 1 aliphatic heterocycles. The van der Waals surface area contributed by atoms with E-state index in [0.717, 1.165) is 35.3 Å². The summed E-state index contributed by atoms with van der Waals surface area (Å²) in [6.07, 6.45) is 1.92. The van der Waals surface area contributed by atoms with Crippen LogP contribution in [0.2, 0.25) is 0 Å². The highest BCUT2D eigenvalue weighted by molar-refractivity contribution is 7.99. The topological polar surface area (TPSA) is 98.6 Å². The molecule has 41 heavy (non-hydrogen) atoms. The highest BCUT2D eigenvalue weighted by atomic mass is 32.2. The fourth-order valence-corrected chi connectivity index (χ4v) is 5.80. The third-order valence-corrected chi connectivity index (χ3v) is 8.22. The van der Waals surface area contributed by atoms with Crippen LogP contribution < -0.4 is 19.7 Å². The lowest BCUT2D eigenvalue weighted by molar-refractivity contribution is -0.116. The SMILES string of the molecule is COc1ccc(C(=O)NCc2nnc(SCC(=O)N3CCCc4ccccc43)n2-c2cccc(C)c2C)cc1OC. The molecule has 0 saturated carbocycles. The molecule has 212 valence electrons. The second kappa shape index (κ2) is 12.5. The quantitative estimate of drug-likeness (QED) is 0.285. The molecular weight excluding hydrogens is 538 g/mol. The van der Waals surface area contributed by atoms with E-state index >= 15 is 0 Å². The molecule has 9 nitrogen and oxygen atoms in total. The Morgan fingerprint density at radius 3 is 2.54 bits per heavy atom. The molecular formula is C31H33N5O4S. The number of hydrogen-bond donors (Lipinski definition) is 1. The number of fused-ring (bicyclic) bond motifs is 1. The van der Waals surface area contributed by atoms with Gasteiger partial charge >= 0.3 is 0 Å². The minimum Gasteiger partial charge on any atom is -0.493 e. The van der Waals surface area contributed by atoms with E-state index in [1.165, 1.54) is 24.4 Å². The Bertz CT molecular complexity index is 1580. The third kappa shape index (κ3) is 5.92. The Hall–Kier alpha value is -4.31. The van der Waals surface area contributed by atoms with Crippen molar-refractivity contribution in [1.82, 2.24) is 20.1 Å². The summed E-state index contributed by atoms with van der Waals surface area (Å²) in [4.78, 5) is 28.3. The number of thioether (sulfide) groups is 1. The average molecular weight is 572 g/mol. The van der Waals surface area contributed by atoms with Crippen molar-refractivity contribution in [3.63, 3.8) is 0 Å². The first-order valence-corrected chi connectivity index (χ1v) is 14.4. The van der Waals surface area contributed by atoms with Gasteiger partial charge in [0, 0.05) is 17.8 Å². The van der Waals surface area contributed by atoms with Crippen LogP contribution in [-0.4, -0.2) is 53.1 Å². The van der Waals surface area contributed by atoms with Gasteiger partial charge in [0.15, 0.2) is 22.5 Å². The molecule has 0 radical (unpaired) electrons. The van der Waals surface area contributed by atoms with Crippen LogP contribution in [0.4, 0.5) is 5.69 Å². The first-order valence-electron chi connectivity index (χ1n) is 13.4. The van der Waals surface area contributed by atoms with Gasteiger partial charge in [-0.25, -0.2) is 0 Å². The number of aryl methyl sites for hydroxylation is 2. The molecule has 4 aromatic rings. The van der Waals surface area contributed by atoms with E-state index in [9.17, 15) is 9.59 Å². The largest absolute Gasteiger partial charge is 0.493 e. The van der Waals surface area contributed by atoms with E-state index in [4.69, 9.17) is 9.47 Å². The van der Waals surface area contributed by atoms with Crippen molar-refractivity contribution in [3.8, 4) is 17.2 Å². The molecule has 0 fully saturated rings. The maximum Gasteiger partial charge on any atom is 0.251 e. The number of ether oxygens (including phenoxy) is 2. The number of hydrogen-bond acceptors (Lipinski definition) is 7. The van der Waals surface area contributed by atoms with Crippen LogP contribution in [0, 0.1) is 13.8 Å². The molecule has 1 N–H and O–H groups in total. The van der Waals surface area contributed by atoms with Gasteiger partial charge in [0.05, 0.1) is 32.2 Å². The number of anilines is 1. The molecule has 5 rings (SSSR count). The fraction of sp³-hybridized carbons (Fsp3) is 0.290. The molecule has 2 amide bonds. The van der Waals surface area contributed by atoms with E-state index in [-0.39, 0.29) is 24.1 Å². The molecule has 0 spiro atoms. The van der Waals surface area contributed by atoms with Crippen molar-refractivity contribution in [2.24, 2.45) is 0 Å². The smallest absolute Gasteiger partial charge is 0.251 e. The summed E-state index contributed by atoms with van der Waals surface area (Å²) >= 11 is 1.35. The Morgan fingerprint density at radius 1 is 0.951 bits per heavy atom. The van der Waals surface area contributed by atoms with Gasteiger partial charge in [0.1, 0.15) is 0 Å². The van der Waals surface area contributed by atoms with Gasteiger partial charge in [-0.15, -0.1) is 10.2 Å². The molecule has 2 heterocycles. The number of carbonyl (C=O) groups is 2. The fourth-order valence-electron chi connectivity index (χ4n) is 4.96. The van der Waals surface area contributed by atoms with E-state index in [0.29, 0.717) is 34.6 Å². The second-order valence-corrected chi connectivity index (χ2v) is 10.7. The number of nitrogens with zero attached hydrogens (tertiary/aromatic N) is 4. The van der Waals surface area contributed by atoms with Gasteiger partial charge in [-0.3, -0.25) is 14.2 Å². The molecule has 0 bridgehead atoms. The number of benzene rings is 3. The minimum atomic E-state index is -0.283. The standard InChI is InChI=1S/C31H33N5O4S/c1-20-9-7-13-24(21(20)2)36-28(18-32-30(38)23-14-15-26(39-3)27(17-23)40-4)33-34-31(36)41-19-29(37)35-16-8-11-22-10-5-6-12-25(22)35/h5-7,9-10,12-15,17H,8,11,16,18-19H2,1-4H3,(H,32,38). The minimum absolute atomic E-state index is 0.0287. The first-order chi connectivity index (χ1) is 19.9. The number of carbonyl (C=O) groups excluding carboxylic acids is 2. The maximum absolute atomic E-state index is 13.4. The van der Waals surface area contributed by atoms with Crippen LogP contribution >= 0.6 is 11.8 Å². The van der Waals surface area contributed by atoms with Gasteiger partial charge < -0.3 is 19.7 Å². The van der Waals surface area contributed by atoms with Crippen molar-refractivity contribution >= 4 is 29.3 Å². The summed E-state index contributed by atoms with van der Waals surface area (Å²) in [6.45, 7) is 4.93. The lowest BCUT2D eigenvalue weighted by atomic mass is 10.0. The number of amides is 2. The van der Waals surface area contributed by atoms with Gasteiger partial charge in [0.2, 0.25) is 5.91 Å². The van der Waals surface area contributed by atoms with Crippen molar-refractivity contribution in [3.05, 3.63) is 88.7 Å². The molecule has 10 heteroatoms. The summed E-state index contributed by atoms with van der Waals surface area (Å²) in [7, 11) is 3.08. The highest BCUT2D eigenvalue weighted by Gasteiger charge is 2.24. The number of para-hydroxylation sites is 1. The second-order valence-electron chi connectivity index (χ2n) is 9.77. The summed E-state index contributed by atoms with van der Waals surface area (Å²) in [5, 5.41) is 12.4. The molecule has 3 aromatic carbocycles. The zero-order chi connectivity index (χ0) is 28.9. The number of methoxy groups -OCH3 is 2. The van der Waals surface area contributed by atoms with Crippen molar-refractivity contribution in [1.29, 1.82) is 0 Å². The third-order valence-electron chi connectivity index (χ3n) is 7.31. The zero-order valence-corrected chi connectivity index (χ0v) is 24.5. The molecule has 1 aromatic heterocycles. The van der Waals surface area contributed by atoms with Crippen molar-refractivity contribution < 1.29 is 19.1 Å². The lowest BCUT2D eigenvalue weighted by Gasteiger charge is -2.29. The van der Waals surface area contributed by atoms with E-state index < -0.39 is 0 Å². The van der Waals surface area contributed by atoms with Gasteiger partial charge in [-0.2, -0.15) is 0 Å². The monoisotopic (exact) mass is 571 g/mol. The van der Waals surface area contributed by atoms with Crippen molar-refractivity contribution in [2.75, 3.05) is 31.4 Å². The Morgan fingerprint density at radius 2 is 1.73 bits per heavy atom. The summed E-state index contributed by atoms with van der Waals surface area (Å²) < 4.78 is 12.5. The van der Waals surface area contributed by atoms with Crippen LogP contribution in [0.25, 0.3) is 5.69 Å². The van der Waals surface area contributed by atoms with Gasteiger partial charge in [-0.05, 0) is 73.7 Å². The van der Waals surface area contributed by atoms with E-state index in [1.807, 2.05) is 59.7 Å². The number of aromatic nitrogens is 3. The zero-order valence-electron chi connectivity index (χ0n) is 23.6. The lowest BCUT2D eigenvalue weighted by Crippen LogP contribution is -2.36. The van der Waals surface area contributed by atoms with Crippen LogP contribution in [-0.2, 0) is 17.8 Å². The van der Waals surface area contributed by atoms with Gasteiger partial charge in [0.25, 0.3) is 5.91 Å². The maximum atomic E-state index is 13.4. The predicted octanol–water partition coefficient (Wildman–Crippen LogP) is 4.90. The van der Waals surface area contributed by atoms with E-state index in [1.54, 1.807) is 25.3 Å². The van der Waals surface area contributed by atoms with E-state index in [2.05, 4.69) is 21.6 Å². The van der Waals surface area contributed by atoms with Gasteiger partial charge in [-0.1, -0.05) is 42.1 Å². The molecule has 1 aliphatic rings. The Labute approximate surface area is 243 Å². The average Bonchev–Trinajstić information content (AvgIpc) is 3.41. The molecule has 0 atom stereocenters. The summed E-state index contributed by atoms with van der Waals surface area (Å²) in [6, 6.07) is 19.1. The Kier molecular flexibility index (Phi) is 8.58. The molecule has 0 unspecified atom stereocenters. The number of rotatable bonds is 9. The molecule has 0 aliphatic carbocycles. The molecule has 0 saturated heterocycles. The van der Waals surface area contributed by atoms with Crippen LogP contribution in [0.15, 0.2) is 65.8 Å². The normalized spacial score (nSPS) is 12.5. The Balaban J connectivity index is 1.38. The predicted molar refractivity (Wildman–Crippen MR) is 159 cm³/mol. The summed E-state index contributed by atoms with van der Waals surface area (Å²) in [5.74, 6) is 1.54. The highest BCUT2D eigenvalue weighted by Crippen LogP contribution is 2.30. The van der Waals surface area contributed by atoms with Crippen LogP contribution in [0.5, 0.6) is 11.5 Å². The van der Waals surface area contributed by atoms with Crippen LogP contribution in [0.3, 0.4) is 0 Å². The number of nitrogens with one attached hydrogen (secondary N) is 1. The summed E-state index contributed by atoms with van der Waals surface area (Å²) in [5.41, 5.74) is 5.71. The van der Waals surface area contributed by atoms with Crippen LogP contribution in [0.1, 0.15) is 39.3 Å². The first kappa shape index (κ1) is 28.2.